The monoisotopic (exact) mass is 269 g/mol. The van der Waals surface area contributed by atoms with E-state index in [0.29, 0.717) is 12.5 Å². The van der Waals surface area contributed by atoms with Crippen molar-refractivity contribution in [2.24, 2.45) is 0 Å². The van der Waals surface area contributed by atoms with Crippen LogP contribution in [0.5, 0.6) is 6.01 Å². The van der Waals surface area contributed by atoms with Gasteiger partial charge in [-0.25, -0.2) is 0 Å². The quantitative estimate of drug-likeness (QED) is 0.905. The molecule has 0 amide bonds. The first-order valence-electron chi connectivity index (χ1n) is 5.21. The van der Waals surface area contributed by atoms with Crippen molar-refractivity contribution < 1.29 is 9.26 Å². The number of ether oxygens (including phenoxy) is 1. The van der Waals surface area contributed by atoms with Gasteiger partial charge in [-0.3, -0.25) is 0 Å². The Labute approximate surface area is 109 Å². The average molecular weight is 270 g/mol. The van der Waals surface area contributed by atoms with Crippen LogP contribution in [0.15, 0.2) is 4.52 Å². The summed E-state index contributed by atoms with van der Waals surface area (Å²) in [5.74, 6) is 1.10. The Kier molecular flexibility index (Phi) is 3.61. The van der Waals surface area contributed by atoms with Crippen LogP contribution in [0.3, 0.4) is 0 Å². The van der Waals surface area contributed by atoms with Gasteiger partial charge in [0.05, 0.1) is 12.8 Å². The third kappa shape index (κ3) is 2.67. The van der Waals surface area contributed by atoms with E-state index < -0.39 is 0 Å². The average Bonchev–Trinajstić information content (AvgIpc) is 2.66. The highest BCUT2D eigenvalue weighted by Crippen LogP contribution is 2.15. The molecule has 2 aromatic heterocycles. The Balaban J connectivity index is 2.13. The summed E-state index contributed by atoms with van der Waals surface area (Å²) >= 11 is 5.74. The standard InChI is InChI=1S/C10H12ClN5O2/c1-5-7(6(2)18-16-5)4-12-9-13-8(11)14-10(15-9)17-3/h4H2,1-3H3,(H,12,13,14,15). The van der Waals surface area contributed by atoms with Crippen LogP contribution in [0.25, 0.3) is 0 Å². The van der Waals surface area contributed by atoms with Gasteiger partial charge in [-0.05, 0) is 25.4 Å². The summed E-state index contributed by atoms with van der Waals surface area (Å²) in [7, 11) is 1.46. The van der Waals surface area contributed by atoms with Crippen molar-refractivity contribution in [3.63, 3.8) is 0 Å². The van der Waals surface area contributed by atoms with Gasteiger partial charge in [0.15, 0.2) is 0 Å². The second kappa shape index (κ2) is 5.18. The molecule has 0 fully saturated rings. The van der Waals surface area contributed by atoms with Crippen LogP contribution in [0.1, 0.15) is 17.0 Å². The number of hydrogen-bond donors (Lipinski definition) is 1. The van der Waals surface area contributed by atoms with Crippen LogP contribution in [0.2, 0.25) is 5.28 Å². The number of halogens is 1. The second-order valence-electron chi connectivity index (χ2n) is 3.57. The fraction of sp³-hybridized carbons (Fsp3) is 0.400. The van der Waals surface area contributed by atoms with Gasteiger partial charge in [-0.2, -0.15) is 15.0 Å². The van der Waals surface area contributed by atoms with Gasteiger partial charge < -0.3 is 14.6 Å². The van der Waals surface area contributed by atoms with Crippen molar-refractivity contribution in [3.05, 3.63) is 22.3 Å². The molecule has 2 aromatic rings. The molecule has 96 valence electrons. The zero-order valence-corrected chi connectivity index (χ0v) is 10.9. The van der Waals surface area contributed by atoms with Crippen molar-refractivity contribution in [3.8, 4) is 6.01 Å². The van der Waals surface area contributed by atoms with Gasteiger partial charge in [-0.1, -0.05) is 5.16 Å². The number of hydrogen-bond acceptors (Lipinski definition) is 7. The Morgan fingerprint density at radius 2 is 2.06 bits per heavy atom. The van der Waals surface area contributed by atoms with Crippen LogP contribution >= 0.6 is 11.6 Å². The Hall–Kier alpha value is -1.89. The molecule has 0 aromatic carbocycles. The van der Waals surface area contributed by atoms with Crippen molar-refractivity contribution in [2.75, 3.05) is 12.4 Å². The molecule has 0 bridgehead atoms. The van der Waals surface area contributed by atoms with Crippen LogP contribution in [-0.2, 0) is 6.54 Å². The van der Waals surface area contributed by atoms with E-state index in [1.807, 2.05) is 13.8 Å². The van der Waals surface area contributed by atoms with Crippen molar-refractivity contribution >= 4 is 17.5 Å². The minimum atomic E-state index is 0.0723. The lowest BCUT2D eigenvalue weighted by Crippen LogP contribution is -2.07. The number of anilines is 1. The largest absolute Gasteiger partial charge is 0.467 e. The first-order valence-corrected chi connectivity index (χ1v) is 5.59. The molecule has 0 aliphatic heterocycles. The number of methoxy groups -OCH3 is 1. The molecule has 0 spiro atoms. The summed E-state index contributed by atoms with van der Waals surface area (Å²) in [6.07, 6.45) is 0. The molecule has 7 nitrogen and oxygen atoms in total. The Morgan fingerprint density at radius 1 is 1.28 bits per heavy atom. The predicted molar refractivity (Wildman–Crippen MR) is 64.7 cm³/mol. The predicted octanol–water partition coefficient (Wildman–Crippen LogP) is 1.75. The van der Waals surface area contributed by atoms with E-state index in [0.717, 1.165) is 17.0 Å². The van der Waals surface area contributed by atoms with E-state index in [1.54, 1.807) is 0 Å². The SMILES string of the molecule is COc1nc(Cl)nc(NCc2c(C)noc2C)n1. The van der Waals surface area contributed by atoms with Gasteiger partial charge in [0.1, 0.15) is 5.76 Å². The molecular formula is C10H12ClN5O2. The molecule has 2 rings (SSSR count). The zero-order chi connectivity index (χ0) is 13.1. The smallest absolute Gasteiger partial charge is 0.322 e. The van der Waals surface area contributed by atoms with E-state index in [4.69, 9.17) is 20.9 Å². The molecule has 0 atom stereocenters. The van der Waals surface area contributed by atoms with Gasteiger partial charge in [0.25, 0.3) is 0 Å². The maximum atomic E-state index is 5.74. The first kappa shape index (κ1) is 12.6. The lowest BCUT2D eigenvalue weighted by atomic mass is 10.2. The molecule has 0 aliphatic rings. The normalized spacial score (nSPS) is 10.4. The highest BCUT2D eigenvalue weighted by molar-refractivity contribution is 6.28. The van der Waals surface area contributed by atoms with Crippen molar-refractivity contribution in [1.29, 1.82) is 0 Å². The van der Waals surface area contributed by atoms with E-state index in [9.17, 15) is 0 Å². The highest BCUT2D eigenvalue weighted by Gasteiger charge is 2.10. The van der Waals surface area contributed by atoms with E-state index in [1.165, 1.54) is 7.11 Å². The molecule has 0 unspecified atom stereocenters. The van der Waals surface area contributed by atoms with Crippen molar-refractivity contribution in [2.45, 2.75) is 20.4 Å². The summed E-state index contributed by atoms with van der Waals surface area (Å²) in [5.41, 5.74) is 1.79. The lowest BCUT2D eigenvalue weighted by molar-refractivity contribution is 0.379. The van der Waals surface area contributed by atoms with Gasteiger partial charge in [-0.15, -0.1) is 0 Å². The van der Waals surface area contributed by atoms with E-state index in [-0.39, 0.29) is 11.3 Å². The lowest BCUT2D eigenvalue weighted by Gasteiger charge is -2.05. The summed E-state index contributed by atoms with van der Waals surface area (Å²) in [5, 5.41) is 6.95. The Bertz CT molecular complexity index is 538. The molecule has 2 heterocycles. The van der Waals surface area contributed by atoms with Gasteiger partial charge in [0.2, 0.25) is 11.2 Å². The maximum Gasteiger partial charge on any atom is 0.322 e. The van der Waals surface area contributed by atoms with Crippen LogP contribution in [0, 0.1) is 13.8 Å². The number of nitrogens with zero attached hydrogens (tertiary/aromatic N) is 4. The molecule has 8 heteroatoms. The number of rotatable bonds is 4. The molecular weight excluding hydrogens is 258 g/mol. The number of aromatic nitrogens is 4. The fourth-order valence-electron chi connectivity index (χ4n) is 1.42. The van der Waals surface area contributed by atoms with Crippen LogP contribution in [0.4, 0.5) is 5.95 Å². The third-order valence-corrected chi connectivity index (χ3v) is 2.54. The molecule has 0 saturated carbocycles. The minimum absolute atomic E-state index is 0.0723. The minimum Gasteiger partial charge on any atom is -0.467 e. The molecule has 0 aliphatic carbocycles. The first-order chi connectivity index (χ1) is 8.60. The second-order valence-corrected chi connectivity index (χ2v) is 3.91. The van der Waals surface area contributed by atoms with Crippen molar-refractivity contribution in [1.82, 2.24) is 20.1 Å². The van der Waals surface area contributed by atoms with Crippen LogP contribution in [-0.4, -0.2) is 27.2 Å². The molecule has 18 heavy (non-hydrogen) atoms. The molecule has 0 radical (unpaired) electrons. The third-order valence-electron chi connectivity index (χ3n) is 2.37. The fourth-order valence-corrected chi connectivity index (χ4v) is 1.58. The number of aryl methyl sites for hydroxylation is 2. The summed E-state index contributed by atoms with van der Waals surface area (Å²) in [4.78, 5) is 11.7. The van der Waals surface area contributed by atoms with E-state index in [2.05, 4.69) is 25.4 Å². The summed E-state index contributed by atoms with van der Waals surface area (Å²) in [6, 6.07) is 0.163. The van der Waals surface area contributed by atoms with Crippen LogP contribution < -0.4 is 10.1 Å². The van der Waals surface area contributed by atoms with Gasteiger partial charge >= 0.3 is 6.01 Å². The topological polar surface area (TPSA) is 86.0 Å². The maximum absolute atomic E-state index is 5.74. The summed E-state index contributed by atoms with van der Waals surface area (Å²) < 4.78 is 9.96. The van der Waals surface area contributed by atoms with E-state index >= 15 is 0 Å². The Morgan fingerprint density at radius 3 is 2.67 bits per heavy atom. The summed E-state index contributed by atoms with van der Waals surface area (Å²) in [6.45, 7) is 4.21. The molecule has 1 N–H and O–H groups in total. The zero-order valence-electron chi connectivity index (χ0n) is 10.2. The molecule has 0 saturated heterocycles. The highest BCUT2D eigenvalue weighted by atomic mass is 35.5. The number of nitrogens with one attached hydrogen (secondary N) is 1. The van der Waals surface area contributed by atoms with Gasteiger partial charge in [0, 0.05) is 12.1 Å².